The van der Waals surface area contributed by atoms with E-state index < -0.39 is 0 Å². The lowest BCUT2D eigenvalue weighted by Crippen LogP contribution is -2.62. The molecule has 342 valence electrons. The Morgan fingerprint density at radius 2 is 1.03 bits per heavy atom. The molecule has 0 spiro atoms. The zero-order chi connectivity index (χ0) is 47.6. The second kappa shape index (κ2) is 14.3. The van der Waals surface area contributed by atoms with E-state index in [-0.39, 0.29) is 33.8 Å². The van der Waals surface area contributed by atoms with Gasteiger partial charge >= 0.3 is 0 Å². The maximum absolute atomic E-state index is 7.23. The third-order valence-electron chi connectivity index (χ3n) is 17.4. The molecule has 2 aliphatic heterocycles. The highest BCUT2D eigenvalue weighted by atomic mass is 16.3. The molecule has 0 amide bonds. The Morgan fingerprint density at radius 1 is 0.471 bits per heavy atom. The van der Waals surface area contributed by atoms with Crippen LogP contribution in [-0.2, 0) is 27.1 Å². The first-order chi connectivity index (χ1) is 32.1. The van der Waals surface area contributed by atoms with Gasteiger partial charge in [-0.05, 0) is 169 Å². The van der Waals surface area contributed by atoms with Crippen LogP contribution in [0.4, 0.5) is 34.1 Å². The number of para-hydroxylation sites is 1. The Kier molecular flexibility index (Phi) is 9.10. The van der Waals surface area contributed by atoms with E-state index in [1.54, 1.807) is 0 Å². The number of rotatable bonds is 3. The van der Waals surface area contributed by atoms with Gasteiger partial charge in [-0.3, -0.25) is 0 Å². The monoisotopic (exact) mass is 891 g/mol. The minimum absolute atomic E-state index is 0.0251. The summed E-state index contributed by atoms with van der Waals surface area (Å²) in [5.41, 5.74) is 25.7. The highest BCUT2D eigenvalue weighted by molar-refractivity contribution is 7.00. The van der Waals surface area contributed by atoms with E-state index in [2.05, 4.69) is 221 Å². The zero-order valence-corrected chi connectivity index (χ0v) is 42.8. The molecule has 3 heterocycles. The van der Waals surface area contributed by atoms with Crippen LogP contribution in [0.2, 0.25) is 0 Å². The molecule has 2 aliphatic carbocycles. The molecule has 0 saturated carbocycles. The van der Waals surface area contributed by atoms with E-state index in [4.69, 9.17) is 4.42 Å². The Balaban J connectivity index is 1.26. The average molecular weight is 891 g/mol. The molecule has 4 aliphatic rings. The van der Waals surface area contributed by atoms with Crippen LogP contribution in [0.5, 0.6) is 0 Å². The molecule has 0 fully saturated rings. The number of fused-ring (bicyclic) bond motifs is 10. The van der Waals surface area contributed by atoms with Crippen molar-refractivity contribution in [2.75, 3.05) is 9.80 Å². The molecule has 0 radical (unpaired) electrons. The molecule has 68 heavy (non-hydrogen) atoms. The minimum atomic E-state index is -0.0477. The summed E-state index contributed by atoms with van der Waals surface area (Å²) in [6.07, 6.45) is 4.64. The number of aryl methyl sites for hydroxylation is 2. The van der Waals surface area contributed by atoms with Crippen molar-refractivity contribution in [3.05, 3.63) is 160 Å². The van der Waals surface area contributed by atoms with Gasteiger partial charge in [-0.15, -0.1) is 0 Å². The first-order valence-corrected chi connectivity index (χ1v) is 25.4. The predicted molar refractivity (Wildman–Crippen MR) is 292 cm³/mol. The van der Waals surface area contributed by atoms with Crippen molar-refractivity contribution in [2.24, 2.45) is 0 Å². The van der Waals surface area contributed by atoms with Crippen LogP contribution in [-0.4, -0.2) is 6.71 Å². The van der Waals surface area contributed by atoms with E-state index in [0.29, 0.717) is 0 Å². The smallest absolute Gasteiger partial charge is 0.252 e. The quantitative estimate of drug-likeness (QED) is 0.165. The first kappa shape index (κ1) is 43.3. The van der Waals surface area contributed by atoms with Gasteiger partial charge in [-0.1, -0.05) is 161 Å². The molecular weight excluding hydrogens is 824 g/mol. The van der Waals surface area contributed by atoms with Crippen molar-refractivity contribution in [1.82, 2.24) is 0 Å². The van der Waals surface area contributed by atoms with Crippen LogP contribution in [0.3, 0.4) is 0 Å². The molecule has 8 aromatic rings. The van der Waals surface area contributed by atoms with Crippen LogP contribution < -0.4 is 26.2 Å². The second-order valence-electron chi connectivity index (χ2n) is 24.8. The van der Waals surface area contributed by atoms with Gasteiger partial charge in [-0.25, -0.2) is 0 Å². The summed E-state index contributed by atoms with van der Waals surface area (Å²) < 4.78 is 7.23. The fraction of sp³-hybridized carbons (Fsp3) is 0.344. The Morgan fingerprint density at radius 3 is 1.66 bits per heavy atom. The zero-order valence-electron chi connectivity index (χ0n) is 42.8. The number of benzene rings is 7. The van der Waals surface area contributed by atoms with E-state index in [9.17, 15) is 0 Å². The van der Waals surface area contributed by atoms with Gasteiger partial charge in [0.2, 0.25) is 0 Å². The molecule has 7 aromatic carbocycles. The third kappa shape index (κ3) is 6.24. The summed E-state index contributed by atoms with van der Waals surface area (Å²) in [5.74, 6) is 0. The summed E-state index contributed by atoms with van der Waals surface area (Å²) in [4.78, 5) is 5.32. The SMILES string of the molecule is Cc1cc(C(C)(C)C)ccc1N1c2cc3c(cc2B2c4ccc5c(oc6ccccc65)c4N(c4cc5c(cc4C)C(C)(C)CCC5(C)C)c4cc(-c5ccccc5)cc1c42)C(C)(C)CCC3(C)C. The maximum atomic E-state index is 7.23. The van der Waals surface area contributed by atoms with Crippen molar-refractivity contribution in [3.8, 4) is 11.1 Å². The van der Waals surface area contributed by atoms with Gasteiger partial charge in [0.15, 0.2) is 5.58 Å². The minimum Gasteiger partial charge on any atom is -0.454 e. The largest absolute Gasteiger partial charge is 0.454 e. The molecule has 1 aromatic heterocycles. The summed E-state index contributed by atoms with van der Waals surface area (Å²) >= 11 is 0. The number of hydrogen-bond acceptors (Lipinski definition) is 3. The van der Waals surface area contributed by atoms with Crippen LogP contribution in [0.25, 0.3) is 33.1 Å². The summed E-state index contributed by atoms with van der Waals surface area (Å²) in [5, 5.41) is 2.31. The van der Waals surface area contributed by atoms with Gasteiger partial charge in [0.05, 0.1) is 5.69 Å². The summed E-state index contributed by atoms with van der Waals surface area (Å²) in [7, 11) is 0. The number of hydrogen-bond donors (Lipinski definition) is 0. The van der Waals surface area contributed by atoms with E-state index in [1.807, 2.05) is 0 Å². The molecule has 4 heteroatoms. The predicted octanol–water partition coefficient (Wildman–Crippen LogP) is 15.9. The molecule has 12 rings (SSSR count). The summed E-state index contributed by atoms with van der Waals surface area (Å²) in [6.45, 7) is 31.3. The molecule has 0 N–H and O–H groups in total. The highest BCUT2D eigenvalue weighted by Gasteiger charge is 2.48. The summed E-state index contributed by atoms with van der Waals surface area (Å²) in [6, 6.07) is 47.2. The fourth-order valence-corrected chi connectivity index (χ4v) is 12.9. The van der Waals surface area contributed by atoms with Crippen LogP contribution in [0.1, 0.15) is 141 Å². The Bertz CT molecular complexity index is 3430. The lowest BCUT2D eigenvalue weighted by Gasteiger charge is -2.48. The number of furan rings is 1. The van der Waals surface area contributed by atoms with Crippen molar-refractivity contribution < 1.29 is 4.42 Å². The standard InChI is InChI=1S/C64H67BN2O/c1-38-31-42(60(3,4)5)23-26-51(38)66-53-37-48-46(62(8,9)28-30-64(48,12)13)35-50(53)65-49-25-24-44-43-21-17-18-22-56(43)68-59(44)58(49)67(55-34-41(33-54(66)57(55)65)40-19-15-14-16-20-40)52-36-47-45(32-39(52)2)61(6,7)27-29-63(47,10)11/h14-26,31-37H,27-30H2,1-13H3. The van der Waals surface area contributed by atoms with Crippen molar-refractivity contribution in [1.29, 1.82) is 0 Å². The Labute approximate surface area is 405 Å². The molecule has 0 saturated heterocycles. The fourth-order valence-electron chi connectivity index (χ4n) is 12.9. The molecule has 0 atom stereocenters. The third-order valence-corrected chi connectivity index (χ3v) is 17.4. The molecule has 0 bridgehead atoms. The topological polar surface area (TPSA) is 19.6 Å². The van der Waals surface area contributed by atoms with E-state index in [1.165, 1.54) is 101 Å². The van der Waals surface area contributed by atoms with Crippen LogP contribution in [0, 0.1) is 13.8 Å². The van der Waals surface area contributed by atoms with Gasteiger partial charge < -0.3 is 14.2 Å². The highest BCUT2D eigenvalue weighted by Crippen LogP contribution is 2.55. The lowest BCUT2D eigenvalue weighted by atomic mass is 9.33. The Hall–Kier alpha value is -6.00. The van der Waals surface area contributed by atoms with Gasteiger partial charge in [0, 0.05) is 39.2 Å². The number of nitrogens with zero attached hydrogens (tertiary/aromatic N) is 2. The van der Waals surface area contributed by atoms with Gasteiger partial charge in [0.1, 0.15) is 5.58 Å². The molecule has 0 unspecified atom stereocenters. The number of anilines is 6. The maximum Gasteiger partial charge on any atom is 0.252 e. The lowest BCUT2D eigenvalue weighted by molar-refractivity contribution is 0.332. The second-order valence-corrected chi connectivity index (χ2v) is 24.8. The van der Waals surface area contributed by atoms with Gasteiger partial charge in [0.25, 0.3) is 6.71 Å². The first-order valence-electron chi connectivity index (χ1n) is 25.4. The normalized spacial score (nSPS) is 18.2. The van der Waals surface area contributed by atoms with Gasteiger partial charge in [-0.2, -0.15) is 0 Å². The van der Waals surface area contributed by atoms with E-state index >= 15 is 0 Å². The van der Waals surface area contributed by atoms with Crippen molar-refractivity contribution >= 4 is 79.2 Å². The van der Waals surface area contributed by atoms with E-state index in [0.717, 1.165) is 46.9 Å². The van der Waals surface area contributed by atoms with Crippen molar-refractivity contribution in [3.63, 3.8) is 0 Å². The average Bonchev–Trinajstić information content (AvgIpc) is 3.68. The van der Waals surface area contributed by atoms with Crippen LogP contribution in [0.15, 0.2) is 126 Å². The molecular formula is C64H67BN2O. The van der Waals surface area contributed by atoms with Crippen molar-refractivity contribution in [2.45, 2.75) is 143 Å². The molecule has 3 nitrogen and oxygen atoms in total. The van der Waals surface area contributed by atoms with Crippen LogP contribution >= 0.6 is 0 Å².